The molecule has 1 aromatic heterocycles. The van der Waals surface area contributed by atoms with E-state index in [1.807, 2.05) is 24.3 Å². The average molecular weight is 336 g/mol. The van der Waals surface area contributed by atoms with Crippen LogP contribution in [0.1, 0.15) is 39.9 Å². The van der Waals surface area contributed by atoms with Gasteiger partial charge in [-0.3, -0.25) is 0 Å². The topological polar surface area (TPSA) is 43.8 Å². The predicted molar refractivity (Wildman–Crippen MR) is 88.8 cm³/mol. The molecule has 0 fully saturated rings. The first kappa shape index (κ1) is 15.1. The summed E-state index contributed by atoms with van der Waals surface area (Å²) in [4.78, 5) is 4.82. The Kier molecular flexibility index (Phi) is 4.23. The first-order valence-corrected chi connectivity index (χ1v) is 7.76. The highest BCUT2D eigenvalue weighted by Crippen LogP contribution is 2.32. The van der Waals surface area contributed by atoms with Gasteiger partial charge in [0.1, 0.15) is 17.3 Å². The summed E-state index contributed by atoms with van der Waals surface area (Å²) < 4.78 is 3.21. The van der Waals surface area contributed by atoms with Gasteiger partial charge < -0.3 is 10.3 Å². The quantitative estimate of drug-likeness (QED) is 0.890. The number of nitrogen functional groups attached to an aromatic ring is 1. The second-order valence-electron chi connectivity index (χ2n) is 6.08. The smallest absolute Gasteiger partial charge is 0.131 e. The molecule has 1 aromatic carbocycles. The Labute approximate surface area is 129 Å². The summed E-state index contributed by atoms with van der Waals surface area (Å²) in [6.45, 7) is 9.58. The van der Waals surface area contributed by atoms with Crippen LogP contribution in [0.15, 0.2) is 28.7 Å². The summed E-state index contributed by atoms with van der Waals surface area (Å²) in [6, 6.07) is 8.13. The maximum absolute atomic E-state index is 6.35. The lowest BCUT2D eigenvalue weighted by molar-refractivity contribution is 0.498. The van der Waals surface area contributed by atoms with Crippen LogP contribution in [0.5, 0.6) is 0 Å². The Balaban J connectivity index is 2.57. The van der Waals surface area contributed by atoms with E-state index in [2.05, 4.69) is 48.2 Å². The van der Waals surface area contributed by atoms with E-state index in [0.717, 1.165) is 40.3 Å². The Morgan fingerprint density at radius 2 is 1.80 bits per heavy atom. The highest BCUT2D eigenvalue weighted by Gasteiger charge is 2.25. The van der Waals surface area contributed by atoms with Gasteiger partial charge in [0.05, 0.1) is 0 Å². The van der Waals surface area contributed by atoms with E-state index < -0.39 is 0 Å². The molecule has 0 amide bonds. The maximum atomic E-state index is 6.35. The fourth-order valence-electron chi connectivity index (χ4n) is 2.31. The maximum Gasteiger partial charge on any atom is 0.131 e. The van der Waals surface area contributed by atoms with Crippen molar-refractivity contribution in [3.8, 4) is 11.3 Å². The molecule has 1 heterocycles. The van der Waals surface area contributed by atoms with Crippen molar-refractivity contribution >= 4 is 21.7 Å². The predicted octanol–water partition coefficient (Wildman–Crippen LogP) is 4.60. The molecule has 0 saturated heterocycles. The monoisotopic (exact) mass is 335 g/mol. The van der Waals surface area contributed by atoms with Crippen molar-refractivity contribution in [2.45, 2.75) is 46.1 Å². The summed E-state index contributed by atoms with van der Waals surface area (Å²) in [5.41, 5.74) is 8.27. The van der Waals surface area contributed by atoms with Gasteiger partial charge in [0.25, 0.3) is 0 Å². The fraction of sp³-hybridized carbons (Fsp3) is 0.438. The SMILES string of the molecule is CCCn1c(C(C)(C)C)nc(-c2ccc(Br)cc2)c1N. The molecule has 4 heteroatoms. The van der Waals surface area contributed by atoms with E-state index >= 15 is 0 Å². The van der Waals surface area contributed by atoms with Gasteiger partial charge in [-0.05, 0) is 18.6 Å². The molecule has 0 spiro atoms. The largest absolute Gasteiger partial charge is 0.383 e. The number of imidazole rings is 1. The molecule has 3 nitrogen and oxygen atoms in total. The number of hydrogen-bond acceptors (Lipinski definition) is 2. The van der Waals surface area contributed by atoms with Gasteiger partial charge in [-0.1, -0.05) is 55.8 Å². The standard InChI is InChI=1S/C16H22BrN3/c1-5-10-20-14(18)13(19-15(20)16(2,3)4)11-6-8-12(17)9-7-11/h6-9H,5,10,18H2,1-4H3. The highest BCUT2D eigenvalue weighted by atomic mass is 79.9. The minimum absolute atomic E-state index is 0.0170. The Morgan fingerprint density at radius 1 is 1.20 bits per heavy atom. The summed E-state index contributed by atoms with van der Waals surface area (Å²) in [5, 5.41) is 0. The van der Waals surface area contributed by atoms with Gasteiger partial charge in [0.2, 0.25) is 0 Å². The van der Waals surface area contributed by atoms with Crippen molar-refractivity contribution in [2.24, 2.45) is 0 Å². The number of rotatable bonds is 3. The molecule has 20 heavy (non-hydrogen) atoms. The van der Waals surface area contributed by atoms with Crippen LogP contribution in [0.2, 0.25) is 0 Å². The first-order chi connectivity index (χ1) is 9.34. The Morgan fingerprint density at radius 3 is 2.30 bits per heavy atom. The average Bonchev–Trinajstić information content (AvgIpc) is 2.69. The van der Waals surface area contributed by atoms with Gasteiger partial charge in [-0.15, -0.1) is 0 Å². The van der Waals surface area contributed by atoms with Gasteiger partial charge >= 0.3 is 0 Å². The van der Waals surface area contributed by atoms with Gasteiger partial charge in [0, 0.05) is 22.0 Å². The lowest BCUT2D eigenvalue weighted by Crippen LogP contribution is -2.19. The van der Waals surface area contributed by atoms with E-state index in [4.69, 9.17) is 10.7 Å². The minimum atomic E-state index is -0.0170. The Bertz CT molecular complexity index is 591. The van der Waals surface area contributed by atoms with Crippen molar-refractivity contribution < 1.29 is 0 Å². The molecule has 2 N–H and O–H groups in total. The molecular formula is C16H22BrN3. The van der Waals surface area contributed by atoms with Crippen molar-refractivity contribution in [3.05, 3.63) is 34.6 Å². The van der Waals surface area contributed by atoms with Crippen molar-refractivity contribution in [1.29, 1.82) is 0 Å². The molecule has 0 radical (unpaired) electrons. The number of aromatic nitrogens is 2. The minimum Gasteiger partial charge on any atom is -0.383 e. The fourth-order valence-corrected chi connectivity index (χ4v) is 2.57. The van der Waals surface area contributed by atoms with E-state index in [-0.39, 0.29) is 5.41 Å². The van der Waals surface area contributed by atoms with Crippen molar-refractivity contribution in [2.75, 3.05) is 5.73 Å². The molecular weight excluding hydrogens is 314 g/mol. The third kappa shape index (κ3) is 2.90. The number of anilines is 1. The van der Waals surface area contributed by atoms with Crippen molar-refractivity contribution in [3.63, 3.8) is 0 Å². The Hall–Kier alpha value is -1.29. The number of halogens is 1. The zero-order valence-corrected chi connectivity index (χ0v) is 14.2. The van der Waals surface area contributed by atoms with Crippen LogP contribution in [0.4, 0.5) is 5.82 Å². The molecule has 2 rings (SSSR count). The molecule has 0 atom stereocenters. The number of hydrogen-bond donors (Lipinski definition) is 1. The highest BCUT2D eigenvalue weighted by molar-refractivity contribution is 9.10. The van der Waals surface area contributed by atoms with Crippen LogP contribution >= 0.6 is 15.9 Å². The molecule has 108 valence electrons. The van der Waals surface area contributed by atoms with Crippen LogP contribution in [0.3, 0.4) is 0 Å². The summed E-state index contributed by atoms with van der Waals surface area (Å²) in [6.07, 6.45) is 1.05. The van der Waals surface area contributed by atoms with Crippen LogP contribution in [-0.2, 0) is 12.0 Å². The van der Waals surface area contributed by atoms with Crippen LogP contribution in [0.25, 0.3) is 11.3 Å². The van der Waals surface area contributed by atoms with E-state index in [9.17, 15) is 0 Å². The molecule has 0 aliphatic carbocycles. The lowest BCUT2D eigenvalue weighted by atomic mass is 9.95. The van der Waals surface area contributed by atoms with E-state index in [0.29, 0.717) is 0 Å². The van der Waals surface area contributed by atoms with Crippen LogP contribution < -0.4 is 5.73 Å². The van der Waals surface area contributed by atoms with Crippen LogP contribution in [-0.4, -0.2) is 9.55 Å². The first-order valence-electron chi connectivity index (χ1n) is 6.97. The van der Waals surface area contributed by atoms with E-state index in [1.54, 1.807) is 0 Å². The summed E-state index contributed by atoms with van der Waals surface area (Å²) in [5.74, 6) is 1.81. The second-order valence-corrected chi connectivity index (χ2v) is 6.99. The molecule has 0 aliphatic heterocycles. The molecule has 2 aromatic rings. The molecule has 0 aliphatic rings. The lowest BCUT2D eigenvalue weighted by Gasteiger charge is -2.19. The normalized spacial score (nSPS) is 11.8. The molecule has 0 saturated carbocycles. The third-order valence-electron chi connectivity index (χ3n) is 3.24. The van der Waals surface area contributed by atoms with Crippen LogP contribution in [0, 0.1) is 0 Å². The van der Waals surface area contributed by atoms with Gasteiger partial charge in [-0.2, -0.15) is 0 Å². The van der Waals surface area contributed by atoms with Gasteiger partial charge in [0.15, 0.2) is 0 Å². The zero-order chi connectivity index (χ0) is 14.9. The van der Waals surface area contributed by atoms with Gasteiger partial charge in [-0.25, -0.2) is 4.98 Å². The zero-order valence-electron chi connectivity index (χ0n) is 12.6. The molecule has 0 unspecified atom stereocenters. The number of nitrogens with two attached hydrogens (primary N) is 1. The number of nitrogens with zero attached hydrogens (tertiary/aromatic N) is 2. The van der Waals surface area contributed by atoms with E-state index in [1.165, 1.54) is 0 Å². The number of benzene rings is 1. The second kappa shape index (κ2) is 5.60. The summed E-state index contributed by atoms with van der Waals surface area (Å²) >= 11 is 3.46. The summed E-state index contributed by atoms with van der Waals surface area (Å²) in [7, 11) is 0. The molecule has 0 bridgehead atoms. The third-order valence-corrected chi connectivity index (χ3v) is 3.77. The van der Waals surface area contributed by atoms with Crippen molar-refractivity contribution in [1.82, 2.24) is 9.55 Å².